The summed E-state index contributed by atoms with van der Waals surface area (Å²) in [6.45, 7) is 2.21. The topological polar surface area (TPSA) is 66.8 Å². The Bertz CT molecular complexity index is 428. The predicted octanol–water partition coefficient (Wildman–Crippen LogP) is 4.45. The monoisotopic (exact) mass is 300 g/mol. The van der Waals surface area contributed by atoms with Gasteiger partial charge < -0.3 is 4.52 Å². The fourth-order valence-corrected chi connectivity index (χ4v) is 2.57. The average Bonchev–Trinajstić information content (AvgIpc) is 2.36. The van der Waals surface area contributed by atoms with Gasteiger partial charge in [0.05, 0.1) is 0 Å². The van der Waals surface area contributed by atoms with E-state index in [1.54, 1.807) is 18.2 Å². The summed E-state index contributed by atoms with van der Waals surface area (Å²) >= 11 is 0. The van der Waals surface area contributed by atoms with E-state index >= 15 is 0 Å². The molecule has 20 heavy (non-hydrogen) atoms. The van der Waals surface area contributed by atoms with Gasteiger partial charge in [-0.2, -0.15) is 0 Å². The van der Waals surface area contributed by atoms with Gasteiger partial charge in [0.15, 0.2) is 0 Å². The predicted molar refractivity (Wildman–Crippen MR) is 80.8 cm³/mol. The molecule has 0 atom stereocenters. The van der Waals surface area contributed by atoms with Gasteiger partial charge in [-0.1, -0.05) is 57.6 Å². The first-order valence-corrected chi connectivity index (χ1v) is 8.88. The van der Waals surface area contributed by atoms with E-state index in [2.05, 4.69) is 11.4 Å². The van der Waals surface area contributed by atoms with Crippen LogP contribution in [0, 0.1) is 0 Å². The van der Waals surface area contributed by atoms with E-state index in [-0.39, 0.29) is 5.75 Å². The van der Waals surface area contributed by atoms with Crippen molar-refractivity contribution < 1.29 is 18.9 Å². The van der Waals surface area contributed by atoms with E-state index in [0.29, 0.717) is 0 Å². The Labute approximate surface area is 121 Å². The van der Waals surface area contributed by atoms with Crippen LogP contribution in [0.15, 0.2) is 24.3 Å². The van der Waals surface area contributed by atoms with Crippen LogP contribution in [-0.4, -0.2) is 9.79 Å². The van der Waals surface area contributed by atoms with Crippen LogP contribution in [0.4, 0.5) is 0 Å². The minimum Gasteiger partial charge on any atom is -0.404 e. The molecule has 0 amide bonds. The lowest BCUT2D eigenvalue weighted by Crippen LogP contribution is -1.92. The average molecular weight is 300 g/mol. The summed E-state index contributed by atoms with van der Waals surface area (Å²) in [5.41, 5.74) is 1.06. The Kier molecular flexibility index (Phi) is 7.90. The van der Waals surface area contributed by atoms with Crippen molar-refractivity contribution in [2.45, 2.75) is 58.3 Å². The molecular weight excluding hydrogens is 275 g/mol. The third kappa shape index (κ3) is 8.36. The molecule has 114 valence electrons. The molecule has 0 aliphatic carbocycles. The molecule has 1 rings (SSSR count). The van der Waals surface area contributed by atoms with Crippen LogP contribution in [-0.2, 0) is 11.0 Å². The van der Waals surface area contributed by atoms with Gasteiger partial charge in [-0.05, 0) is 30.5 Å². The number of benzene rings is 1. The highest BCUT2D eigenvalue weighted by atomic mass is 31.2. The Balaban J connectivity index is 2.27. The van der Waals surface area contributed by atoms with Crippen LogP contribution in [0.3, 0.4) is 0 Å². The largest absolute Gasteiger partial charge is 0.524 e. The van der Waals surface area contributed by atoms with Gasteiger partial charge in [-0.3, -0.25) is 9.79 Å². The molecule has 0 saturated carbocycles. The lowest BCUT2D eigenvalue weighted by atomic mass is 10.0. The van der Waals surface area contributed by atoms with E-state index in [1.165, 1.54) is 38.5 Å². The first-order valence-electron chi connectivity index (χ1n) is 7.35. The molecule has 0 aromatic heterocycles. The van der Waals surface area contributed by atoms with Crippen LogP contribution in [0.2, 0.25) is 0 Å². The summed E-state index contributed by atoms with van der Waals surface area (Å²) in [5.74, 6) is 0.235. The maximum absolute atomic E-state index is 10.8. The van der Waals surface area contributed by atoms with Crippen LogP contribution in [0.5, 0.6) is 5.75 Å². The quantitative estimate of drug-likeness (QED) is 0.495. The summed E-state index contributed by atoms with van der Waals surface area (Å²) in [5, 5.41) is 0. The van der Waals surface area contributed by atoms with Crippen LogP contribution < -0.4 is 4.52 Å². The summed E-state index contributed by atoms with van der Waals surface area (Å²) in [6, 6.07) is 6.99. The van der Waals surface area contributed by atoms with E-state index in [0.717, 1.165) is 18.4 Å². The molecule has 0 spiro atoms. The van der Waals surface area contributed by atoms with Gasteiger partial charge in [0.1, 0.15) is 5.75 Å². The smallest absolute Gasteiger partial charge is 0.404 e. The summed E-state index contributed by atoms with van der Waals surface area (Å²) in [4.78, 5) is 17.5. The van der Waals surface area contributed by atoms with Crippen molar-refractivity contribution in [1.82, 2.24) is 0 Å². The zero-order valence-electron chi connectivity index (χ0n) is 12.1. The van der Waals surface area contributed by atoms with Crippen LogP contribution >= 0.6 is 7.82 Å². The van der Waals surface area contributed by atoms with Crippen LogP contribution in [0.25, 0.3) is 0 Å². The van der Waals surface area contributed by atoms with Gasteiger partial charge in [0, 0.05) is 0 Å². The summed E-state index contributed by atoms with van der Waals surface area (Å²) in [7, 11) is -4.45. The van der Waals surface area contributed by atoms with Crippen molar-refractivity contribution in [3.8, 4) is 5.75 Å². The molecule has 2 N–H and O–H groups in total. The summed E-state index contributed by atoms with van der Waals surface area (Å²) in [6.07, 6.45) is 9.70. The molecule has 0 aliphatic heterocycles. The molecule has 1 aromatic carbocycles. The maximum atomic E-state index is 10.8. The molecule has 0 fully saturated rings. The SMILES string of the molecule is CCCCCCCCCc1cccc(OP(=O)(O)O)c1. The molecule has 0 aliphatic rings. The van der Waals surface area contributed by atoms with Crippen molar-refractivity contribution >= 4 is 7.82 Å². The first-order chi connectivity index (χ1) is 9.51. The standard InChI is InChI=1S/C15H25O4P/c1-2-3-4-5-6-7-8-10-14-11-9-12-15(13-14)19-20(16,17)18/h9,11-13H,2-8,10H2,1H3,(H2,16,17,18). The molecule has 0 heterocycles. The number of aryl methyl sites for hydroxylation is 1. The second kappa shape index (κ2) is 9.17. The Morgan fingerprint density at radius 2 is 1.70 bits per heavy atom. The molecule has 1 aromatic rings. The fraction of sp³-hybridized carbons (Fsp3) is 0.600. The third-order valence-electron chi connectivity index (χ3n) is 3.19. The molecular formula is C15H25O4P. The van der Waals surface area contributed by atoms with E-state index < -0.39 is 7.82 Å². The Morgan fingerprint density at radius 1 is 1.05 bits per heavy atom. The molecule has 0 unspecified atom stereocenters. The van der Waals surface area contributed by atoms with Crippen molar-refractivity contribution in [2.24, 2.45) is 0 Å². The molecule has 5 heteroatoms. The van der Waals surface area contributed by atoms with Gasteiger partial charge in [-0.15, -0.1) is 0 Å². The zero-order valence-corrected chi connectivity index (χ0v) is 13.0. The molecule has 0 saturated heterocycles. The second-order valence-corrected chi connectivity index (χ2v) is 6.26. The normalized spacial score (nSPS) is 11.6. The van der Waals surface area contributed by atoms with E-state index in [4.69, 9.17) is 9.79 Å². The number of hydrogen-bond donors (Lipinski definition) is 2. The number of rotatable bonds is 10. The molecule has 0 radical (unpaired) electrons. The summed E-state index contributed by atoms with van der Waals surface area (Å²) < 4.78 is 15.4. The second-order valence-electron chi connectivity index (χ2n) is 5.10. The number of phosphoric acid groups is 1. The van der Waals surface area contributed by atoms with Crippen molar-refractivity contribution in [2.75, 3.05) is 0 Å². The lowest BCUT2D eigenvalue weighted by Gasteiger charge is -2.08. The van der Waals surface area contributed by atoms with E-state index in [1.807, 2.05) is 6.07 Å². The van der Waals surface area contributed by atoms with Crippen LogP contribution in [0.1, 0.15) is 57.4 Å². The first kappa shape index (κ1) is 17.2. The van der Waals surface area contributed by atoms with Gasteiger partial charge in [0.2, 0.25) is 0 Å². The molecule has 0 bridgehead atoms. The van der Waals surface area contributed by atoms with Gasteiger partial charge in [-0.25, -0.2) is 4.57 Å². The van der Waals surface area contributed by atoms with Gasteiger partial charge in [0.25, 0.3) is 0 Å². The third-order valence-corrected chi connectivity index (χ3v) is 3.64. The van der Waals surface area contributed by atoms with Crippen molar-refractivity contribution in [3.63, 3.8) is 0 Å². The van der Waals surface area contributed by atoms with Crippen molar-refractivity contribution in [1.29, 1.82) is 0 Å². The minimum atomic E-state index is -4.45. The zero-order chi connectivity index (χ0) is 14.8. The Hall–Kier alpha value is -0.830. The highest BCUT2D eigenvalue weighted by Crippen LogP contribution is 2.37. The van der Waals surface area contributed by atoms with E-state index in [9.17, 15) is 4.57 Å². The number of phosphoric ester groups is 1. The number of hydrogen-bond acceptors (Lipinski definition) is 2. The fourth-order valence-electron chi connectivity index (χ4n) is 2.18. The maximum Gasteiger partial charge on any atom is 0.524 e. The number of unbranched alkanes of at least 4 members (excludes halogenated alkanes) is 6. The highest BCUT2D eigenvalue weighted by Gasteiger charge is 2.15. The van der Waals surface area contributed by atoms with Crippen molar-refractivity contribution in [3.05, 3.63) is 29.8 Å². The lowest BCUT2D eigenvalue weighted by molar-refractivity contribution is 0.283. The van der Waals surface area contributed by atoms with Gasteiger partial charge >= 0.3 is 7.82 Å². The Morgan fingerprint density at radius 3 is 2.35 bits per heavy atom. The minimum absolute atomic E-state index is 0.235. The highest BCUT2D eigenvalue weighted by molar-refractivity contribution is 7.46. The molecule has 4 nitrogen and oxygen atoms in total.